The number of rotatable bonds is 17. The maximum Gasteiger partial charge on any atom is 0.501 e. The van der Waals surface area contributed by atoms with Crippen LogP contribution < -0.4 is 19.8 Å². The van der Waals surface area contributed by atoms with Crippen molar-refractivity contribution in [3.63, 3.8) is 0 Å². The average molecular weight is 1040 g/mol. The van der Waals surface area contributed by atoms with Crippen LogP contribution in [-0.4, -0.2) is 112 Å². The third-order valence-electron chi connectivity index (χ3n) is 12.6. The summed E-state index contributed by atoms with van der Waals surface area (Å²) in [6.45, 7) is 4.27. The molecule has 0 aliphatic carbocycles. The number of halogens is 4. The van der Waals surface area contributed by atoms with Gasteiger partial charge in [0.1, 0.15) is 10.6 Å². The van der Waals surface area contributed by atoms with Crippen LogP contribution in [0, 0.1) is 0 Å². The Morgan fingerprint density at radius 3 is 2.10 bits per heavy atom. The number of aliphatic hydroxyl groups is 1. The maximum absolute atomic E-state index is 14.3. The van der Waals surface area contributed by atoms with E-state index in [1.54, 1.807) is 42.1 Å². The van der Waals surface area contributed by atoms with E-state index in [4.69, 9.17) is 11.6 Å². The van der Waals surface area contributed by atoms with Gasteiger partial charge in [0.2, 0.25) is 0 Å². The molecule has 370 valence electrons. The lowest BCUT2D eigenvalue weighted by Gasteiger charge is -2.37. The zero-order valence-electron chi connectivity index (χ0n) is 38.0. The largest absolute Gasteiger partial charge is 0.501 e. The van der Waals surface area contributed by atoms with Gasteiger partial charge in [-0.15, -0.1) is 11.8 Å². The molecule has 20 heteroatoms. The molecule has 0 bridgehead atoms. The van der Waals surface area contributed by atoms with Crippen molar-refractivity contribution < 1.29 is 45.0 Å². The van der Waals surface area contributed by atoms with E-state index in [1.165, 1.54) is 23.9 Å². The van der Waals surface area contributed by atoms with Crippen molar-refractivity contribution in [2.24, 2.45) is 7.05 Å². The van der Waals surface area contributed by atoms with Gasteiger partial charge in [0.15, 0.2) is 0 Å². The van der Waals surface area contributed by atoms with E-state index in [9.17, 15) is 45.0 Å². The molecule has 3 heterocycles. The molecule has 0 unspecified atom stereocenters. The first-order chi connectivity index (χ1) is 33.4. The number of likely N-dealkylation sites (tertiary alicyclic amines) is 1. The molecule has 8 rings (SSSR count). The fraction of sp³-hybridized carbons (Fsp3) is 0.300. The van der Waals surface area contributed by atoms with Gasteiger partial charge in [0, 0.05) is 109 Å². The number of piperidine rings is 1. The fourth-order valence-corrected chi connectivity index (χ4v) is 12.0. The number of hydrogen-bond acceptors (Lipinski definition) is 11. The van der Waals surface area contributed by atoms with Crippen LogP contribution in [0.3, 0.4) is 0 Å². The molecule has 6 aromatic rings. The number of thioether (sulfide) groups is 1. The number of benzene rings is 5. The topological polar surface area (TPSA) is 165 Å². The lowest BCUT2D eigenvalue weighted by Crippen LogP contribution is -2.46. The summed E-state index contributed by atoms with van der Waals surface area (Å²) in [7, 11) is -8.91. The zero-order valence-corrected chi connectivity index (χ0v) is 41.2. The molecule has 0 radical (unpaired) electrons. The zero-order chi connectivity index (χ0) is 49.8. The van der Waals surface area contributed by atoms with Crippen molar-refractivity contribution in [2.45, 2.75) is 51.6 Å². The first kappa shape index (κ1) is 50.7. The van der Waals surface area contributed by atoms with Gasteiger partial charge >= 0.3 is 11.5 Å². The van der Waals surface area contributed by atoms with Crippen LogP contribution in [0.4, 0.5) is 35.9 Å². The molecule has 2 fully saturated rings. The van der Waals surface area contributed by atoms with Crippen molar-refractivity contribution in [1.82, 2.24) is 9.47 Å². The van der Waals surface area contributed by atoms with Gasteiger partial charge in [-0.3, -0.25) is 4.72 Å². The average Bonchev–Trinajstić information content (AvgIpc) is 3.70. The summed E-state index contributed by atoms with van der Waals surface area (Å²) >= 11 is 7.60. The SMILES string of the molecule is Cn1cc(-c2ccc(Cl)cc2)c(-c2cccc(N3CCN(c4ccc(NS(=O)(=O)c5ccc(N[C@H](CCN6CCC(O)CC6)CSc6ccccc6)c(S(=O)(=O)C(F)(F)F)c5)cc4)CC3)c2)c1C(=O)O. The van der Waals surface area contributed by atoms with Crippen LogP contribution in [0.2, 0.25) is 5.02 Å². The molecule has 0 saturated carbocycles. The minimum atomic E-state index is -6.02. The Hall–Kier alpha value is -5.70. The fourth-order valence-electron chi connectivity index (χ4n) is 8.81. The number of nitrogens with zero attached hydrogens (tertiary/aromatic N) is 4. The molecule has 1 atom stereocenters. The highest BCUT2D eigenvalue weighted by molar-refractivity contribution is 7.99. The Kier molecular flexibility index (Phi) is 15.4. The summed E-state index contributed by atoms with van der Waals surface area (Å²) in [5.41, 5.74) is -1.18. The van der Waals surface area contributed by atoms with Gasteiger partial charge in [-0.1, -0.05) is 54.1 Å². The molecule has 5 aromatic carbocycles. The minimum absolute atomic E-state index is 0.115. The number of carboxylic acid groups (broad SMARTS) is 1. The Bertz CT molecular complexity index is 3020. The second-order valence-corrected chi connectivity index (χ2v) is 22.4. The van der Waals surface area contributed by atoms with Gasteiger partial charge in [-0.2, -0.15) is 13.2 Å². The number of sulfone groups is 1. The molecule has 70 heavy (non-hydrogen) atoms. The number of aromatic carboxylic acids is 1. The molecular weight excluding hydrogens is 985 g/mol. The highest BCUT2D eigenvalue weighted by atomic mass is 35.5. The Morgan fingerprint density at radius 1 is 0.800 bits per heavy atom. The lowest BCUT2D eigenvalue weighted by atomic mass is 9.96. The maximum atomic E-state index is 14.3. The Morgan fingerprint density at radius 2 is 1.46 bits per heavy atom. The first-order valence-corrected chi connectivity index (χ1v) is 26.9. The summed E-state index contributed by atoms with van der Waals surface area (Å²) in [5.74, 6) is -0.685. The number of piperazine rings is 1. The normalized spacial score (nSPS) is 15.7. The van der Waals surface area contributed by atoms with Crippen molar-refractivity contribution >= 4 is 71.9 Å². The van der Waals surface area contributed by atoms with Crippen molar-refractivity contribution in [2.75, 3.05) is 71.4 Å². The predicted octanol–water partition coefficient (Wildman–Crippen LogP) is 9.55. The van der Waals surface area contributed by atoms with Crippen LogP contribution in [0.1, 0.15) is 29.8 Å². The van der Waals surface area contributed by atoms with Crippen molar-refractivity contribution in [1.29, 1.82) is 0 Å². The summed E-state index contributed by atoms with van der Waals surface area (Å²) in [5, 5.41) is 23.8. The van der Waals surface area contributed by atoms with Gasteiger partial charge in [0.25, 0.3) is 19.9 Å². The number of aryl methyl sites for hydroxylation is 1. The number of nitrogens with one attached hydrogen (secondary N) is 2. The molecule has 2 saturated heterocycles. The minimum Gasteiger partial charge on any atom is -0.477 e. The smallest absolute Gasteiger partial charge is 0.477 e. The van der Waals surface area contributed by atoms with Crippen molar-refractivity contribution in [3.8, 4) is 22.3 Å². The number of aromatic nitrogens is 1. The van der Waals surface area contributed by atoms with Crippen LogP contribution in [-0.2, 0) is 26.9 Å². The third kappa shape index (κ3) is 11.7. The number of sulfonamides is 1. The molecule has 1 aromatic heterocycles. The second kappa shape index (κ2) is 21.3. The first-order valence-electron chi connectivity index (χ1n) is 22.6. The Balaban J connectivity index is 0.955. The number of alkyl halides is 3. The highest BCUT2D eigenvalue weighted by Gasteiger charge is 2.48. The molecule has 13 nitrogen and oxygen atoms in total. The standard InChI is InChI=1S/C50H52ClF3N6O7S3/c1-57-32-44(34-10-12-36(51)13-11-34)47(48(57)49(62)63)35-6-5-7-40(30-35)60-28-26-59(27-29-60)39-16-14-37(15-17-39)56-70(66,67)43-18-19-45(46(31-43)69(64,65)50(52,53)54)55-38(33-68-42-8-3-2-4-9-42)20-23-58-24-21-41(61)22-25-58/h2-19,30-32,38,41,55-56,61H,20-29,33H2,1H3,(H,62,63)/t38-/m1/s1. The molecule has 2 aliphatic heterocycles. The van der Waals surface area contributed by atoms with E-state index in [2.05, 4.69) is 24.7 Å². The quantitative estimate of drug-likeness (QED) is 0.0641. The van der Waals surface area contributed by atoms with Gasteiger partial charge in [-0.05, 0) is 109 Å². The molecule has 0 amide bonds. The summed E-state index contributed by atoms with van der Waals surface area (Å²) in [4.78, 5) is 18.0. The van der Waals surface area contributed by atoms with E-state index < -0.39 is 47.2 Å². The van der Waals surface area contributed by atoms with E-state index in [0.29, 0.717) is 87.5 Å². The predicted molar refractivity (Wildman–Crippen MR) is 270 cm³/mol. The Labute approximate surface area is 414 Å². The number of aliphatic hydroxyl groups excluding tert-OH is 1. The second-order valence-electron chi connectivity index (χ2n) is 17.3. The molecule has 0 spiro atoms. The van der Waals surface area contributed by atoms with E-state index in [-0.39, 0.29) is 23.2 Å². The number of carboxylic acids is 1. The summed E-state index contributed by atoms with van der Waals surface area (Å²) in [6.07, 6.45) is 3.04. The van der Waals surface area contributed by atoms with Crippen molar-refractivity contribution in [3.05, 3.63) is 138 Å². The molecule has 2 aliphatic rings. The third-order valence-corrected chi connectivity index (χ3v) is 16.9. The van der Waals surface area contributed by atoms with Crippen LogP contribution in [0.5, 0.6) is 0 Å². The number of hydrogen-bond donors (Lipinski definition) is 4. The van der Waals surface area contributed by atoms with Crippen LogP contribution in [0.15, 0.2) is 142 Å². The highest BCUT2D eigenvalue weighted by Crippen LogP contribution is 2.40. The van der Waals surface area contributed by atoms with Gasteiger partial charge < -0.3 is 34.8 Å². The lowest BCUT2D eigenvalue weighted by molar-refractivity contribution is -0.0436. The molecule has 4 N–H and O–H groups in total. The van der Waals surface area contributed by atoms with Crippen LogP contribution in [0.25, 0.3) is 22.3 Å². The van der Waals surface area contributed by atoms with Gasteiger partial charge in [-0.25, -0.2) is 21.6 Å². The summed E-state index contributed by atoms with van der Waals surface area (Å²) in [6, 6.07) is 33.0. The van der Waals surface area contributed by atoms with Gasteiger partial charge in [0.05, 0.1) is 16.7 Å². The molecular formula is C50H52ClF3N6O7S3. The monoisotopic (exact) mass is 1040 g/mol. The van der Waals surface area contributed by atoms with E-state index in [1.807, 2.05) is 66.7 Å². The van der Waals surface area contributed by atoms with E-state index in [0.717, 1.165) is 45.1 Å². The summed E-state index contributed by atoms with van der Waals surface area (Å²) < 4.78 is 101. The number of carbonyl (C=O) groups is 1. The van der Waals surface area contributed by atoms with Crippen LogP contribution >= 0.6 is 23.4 Å². The number of anilines is 4. The van der Waals surface area contributed by atoms with E-state index >= 15 is 0 Å².